The molecule has 0 aliphatic rings. The van der Waals surface area contributed by atoms with Gasteiger partial charge in [-0.1, -0.05) is 19.8 Å². The molecule has 1 heterocycles. The zero-order valence-electron chi connectivity index (χ0n) is 9.95. The van der Waals surface area contributed by atoms with E-state index < -0.39 is 6.04 Å². The van der Waals surface area contributed by atoms with Gasteiger partial charge in [-0.15, -0.1) is 0 Å². The highest BCUT2D eigenvalue weighted by atomic mass is 16.3. The van der Waals surface area contributed by atoms with E-state index in [0.29, 0.717) is 6.54 Å². The Kier molecular flexibility index (Phi) is 5.05. The van der Waals surface area contributed by atoms with Gasteiger partial charge in [0.05, 0.1) is 12.6 Å². The largest absolute Gasteiger partial charge is 0.465 e. The summed E-state index contributed by atoms with van der Waals surface area (Å²) in [6, 6.07) is 3.32. The minimum absolute atomic E-state index is 0.109. The van der Waals surface area contributed by atoms with Crippen molar-refractivity contribution in [2.75, 3.05) is 0 Å². The molecule has 4 heteroatoms. The van der Waals surface area contributed by atoms with Crippen molar-refractivity contribution in [3.05, 3.63) is 23.7 Å². The van der Waals surface area contributed by atoms with Crippen LogP contribution >= 0.6 is 0 Å². The predicted octanol–water partition coefficient (Wildman–Crippen LogP) is 1.72. The molecule has 0 aromatic carbocycles. The molecular formula is C12H20N2O2. The van der Waals surface area contributed by atoms with Crippen molar-refractivity contribution >= 4 is 5.91 Å². The van der Waals surface area contributed by atoms with Crippen LogP contribution in [0.2, 0.25) is 0 Å². The van der Waals surface area contributed by atoms with Crippen molar-refractivity contribution in [1.82, 2.24) is 5.32 Å². The van der Waals surface area contributed by atoms with Gasteiger partial charge in [-0.2, -0.15) is 0 Å². The van der Waals surface area contributed by atoms with Crippen molar-refractivity contribution in [2.45, 2.75) is 45.7 Å². The Morgan fingerprint density at radius 2 is 2.31 bits per heavy atom. The molecular weight excluding hydrogens is 204 g/mol. The number of carbonyl (C=O) groups is 1. The van der Waals surface area contributed by atoms with Crippen molar-refractivity contribution < 1.29 is 9.21 Å². The van der Waals surface area contributed by atoms with Gasteiger partial charge in [0.1, 0.15) is 11.5 Å². The quantitative estimate of drug-likeness (QED) is 0.773. The molecule has 0 aliphatic carbocycles. The van der Waals surface area contributed by atoms with Crippen LogP contribution in [-0.4, -0.2) is 11.9 Å². The molecule has 1 amide bonds. The monoisotopic (exact) mass is 224 g/mol. The molecule has 0 bridgehead atoms. The average Bonchev–Trinajstić information content (AvgIpc) is 2.68. The predicted molar refractivity (Wildman–Crippen MR) is 62.8 cm³/mol. The molecule has 1 rings (SSSR count). The Bertz CT molecular complexity index is 334. The van der Waals surface area contributed by atoms with Crippen LogP contribution in [0.3, 0.4) is 0 Å². The number of carbonyl (C=O) groups excluding carboxylic acids is 1. The minimum Gasteiger partial charge on any atom is -0.465 e. The zero-order chi connectivity index (χ0) is 12.0. The Hall–Kier alpha value is -1.29. The normalized spacial score (nSPS) is 12.4. The van der Waals surface area contributed by atoms with E-state index in [1.54, 1.807) is 0 Å². The van der Waals surface area contributed by atoms with Gasteiger partial charge >= 0.3 is 0 Å². The Labute approximate surface area is 96.2 Å². The van der Waals surface area contributed by atoms with Gasteiger partial charge < -0.3 is 15.5 Å². The molecule has 0 radical (unpaired) electrons. The van der Waals surface area contributed by atoms with Crippen LogP contribution in [0.25, 0.3) is 0 Å². The number of unbranched alkanes of at least 4 members (excludes halogenated alkanes) is 1. The molecule has 0 unspecified atom stereocenters. The van der Waals surface area contributed by atoms with Crippen molar-refractivity contribution in [3.63, 3.8) is 0 Å². The van der Waals surface area contributed by atoms with E-state index >= 15 is 0 Å². The molecule has 16 heavy (non-hydrogen) atoms. The van der Waals surface area contributed by atoms with Crippen molar-refractivity contribution in [2.24, 2.45) is 5.73 Å². The van der Waals surface area contributed by atoms with Crippen LogP contribution in [0.15, 0.2) is 16.5 Å². The number of rotatable bonds is 6. The van der Waals surface area contributed by atoms with Crippen LogP contribution in [-0.2, 0) is 11.3 Å². The van der Waals surface area contributed by atoms with Crippen LogP contribution in [0.4, 0.5) is 0 Å². The lowest BCUT2D eigenvalue weighted by Crippen LogP contribution is -2.40. The Balaban J connectivity index is 2.29. The second-order valence-corrected chi connectivity index (χ2v) is 3.98. The fraction of sp³-hybridized carbons (Fsp3) is 0.583. The van der Waals surface area contributed by atoms with Gasteiger partial charge in [-0.3, -0.25) is 4.79 Å². The third-order valence-corrected chi connectivity index (χ3v) is 2.44. The first kappa shape index (κ1) is 12.8. The minimum atomic E-state index is -0.406. The fourth-order valence-corrected chi connectivity index (χ4v) is 1.44. The number of aryl methyl sites for hydroxylation is 1. The molecule has 1 aromatic heterocycles. The van der Waals surface area contributed by atoms with Gasteiger partial charge in [0.15, 0.2) is 0 Å². The van der Waals surface area contributed by atoms with Crippen LogP contribution in [0.1, 0.15) is 37.7 Å². The first-order valence-corrected chi connectivity index (χ1v) is 5.72. The summed E-state index contributed by atoms with van der Waals surface area (Å²) < 4.78 is 5.34. The Morgan fingerprint density at radius 3 is 2.88 bits per heavy atom. The molecule has 0 saturated carbocycles. The number of hydrogen-bond acceptors (Lipinski definition) is 3. The second kappa shape index (κ2) is 6.33. The number of furan rings is 1. The molecule has 1 aromatic rings. The van der Waals surface area contributed by atoms with E-state index in [1.807, 2.05) is 19.1 Å². The molecule has 0 aliphatic heterocycles. The summed E-state index contributed by atoms with van der Waals surface area (Å²) >= 11 is 0. The van der Waals surface area contributed by atoms with Crippen molar-refractivity contribution in [1.29, 1.82) is 0 Å². The first-order valence-electron chi connectivity index (χ1n) is 5.72. The van der Waals surface area contributed by atoms with Crippen LogP contribution in [0, 0.1) is 6.92 Å². The molecule has 0 spiro atoms. The van der Waals surface area contributed by atoms with E-state index in [4.69, 9.17) is 10.2 Å². The van der Waals surface area contributed by atoms with Gasteiger partial charge in [-0.05, 0) is 25.5 Å². The number of nitrogens with one attached hydrogen (secondary N) is 1. The van der Waals surface area contributed by atoms with Gasteiger partial charge in [-0.25, -0.2) is 0 Å². The van der Waals surface area contributed by atoms with Crippen molar-refractivity contribution in [3.8, 4) is 0 Å². The third-order valence-electron chi connectivity index (χ3n) is 2.44. The summed E-state index contributed by atoms with van der Waals surface area (Å²) in [4.78, 5) is 11.6. The van der Waals surface area contributed by atoms with E-state index in [2.05, 4.69) is 12.2 Å². The van der Waals surface area contributed by atoms with Crippen LogP contribution in [0.5, 0.6) is 0 Å². The third kappa shape index (κ3) is 4.06. The van der Waals surface area contributed by atoms with E-state index in [1.165, 1.54) is 0 Å². The lowest BCUT2D eigenvalue weighted by Gasteiger charge is -2.10. The highest BCUT2D eigenvalue weighted by Gasteiger charge is 2.12. The van der Waals surface area contributed by atoms with Gasteiger partial charge in [0.2, 0.25) is 5.91 Å². The average molecular weight is 224 g/mol. The summed E-state index contributed by atoms with van der Waals surface area (Å²) in [5, 5.41) is 2.76. The number of amides is 1. The van der Waals surface area contributed by atoms with E-state index in [9.17, 15) is 4.79 Å². The summed E-state index contributed by atoms with van der Waals surface area (Å²) in [7, 11) is 0. The molecule has 4 nitrogen and oxygen atoms in total. The zero-order valence-corrected chi connectivity index (χ0v) is 9.95. The summed E-state index contributed by atoms with van der Waals surface area (Å²) in [5.74, 6) is 1.50. The van der Waals surface area contributed by atoms with Crippen LogP contribution < -0.4 is 11.1 Å². The maximum absolute atomic E-state index is 11.6. The second-order valence-electron chi connectivity index (χ2n) is 3.98. The smallest absolute Gasteiger partial charge is 0.237 e. The molecule has 3 N–H and O–H groups in total. The first-order chi connectivity index (χ1) is 7.63. The maximum Gasteiger partial charge on any atom is 0.237 e. The van der Waals surface area contributed by atoms with E-state index in [0.717, 1.165) is 30.8 Å². The molecule has 1 atom stereocenters. The number of nitrogens with two attached hydrogens (primary N) is 1. The SMILES string of the molecule is CCCC[C@H](N)C(=O)NCc1ccc(C)o1. The Morgan fingerprint density at radius 1 is 1.56 bits per heavy atom. The highest BCUT2D eigenvalue weighted by Crippen LogP contribution is 2.05. The van der Waals surface area contributed by atoms with E-state index in [-0.39, 0.29) is 5.91 Å². The standard InChI is InChI=1S/C12H20N2O2/c1-3-4-5-11(13)12(15)14-8-10-7-6-9(2)16-10/h6-7,11H,3-5,8,13H2,1-2H3,(H,14,15)/t11-/m0/s1. The highest BCUT2D eigenvalue weighted by molar-refractivity contribution is 5.81. The van der Waals surface area contributed by atoms with Gasteiger partial charge in [0.25, 0.3) is 0 Å². The molecule has 90 valence electrons. The number of hydrogen-bond donors (Lipinski definition) is 2. The summed E-state index contributed by atoms with van der Waals surface area (Å²) in [5.41, 5.74) is 5.73. The summed E-state index contributed by atoms with van der Waals surface area (Å²) in [6.07, 6.45) is 2.77. The molecule has 0 fully saturated rings. The summed E-state index contributed by atoms with van der Waals surface area (Å²) in [6.45, 7) is 4.36. The lowest BCUT2D eigenvalue weighted by atomic mass is 10.1. The lowest BCUT2D eigenvalue weighted by molar-refractivity contribution is -0.122. The topological polar surface area (TPSA) is 68.3 Å². The maximum atomic E-state index is 11.6. The molecule has 0 saturated heterocycles. The van der Waals surface area contributed by atoms with Gasteiger partial charge in [0, 0.05) is 0 Å². The fourth-order valence-electron chi connectivity index (χ4n) is 1.44.